The van der Waals surface area contributed by atoms with Crippen LogP contribution in [0.15, 0.2) is 49.1 Å². The molecule has 0 saturated heterocycles. The van der Waals surface area contributed by atoms with Gasteiger partial charge in [0.2, 0.25) is 0 Å². The Balaban J connectivity index is 1.73. The molecular weight excluding hydrogens is 356 g/mol. The number of fused-ring (bicyclic) bond motifs is 1. The molecule has 0 fully saturated rings. The lowest BCUT2D eigenvalue weighted by Crippen LogP contribution is -2.28. The first-order valence-corrected chi connectivity index (χ1v) is 9.63. The number of ether oxygens (including phenoxy) is 1. The van der Waals surface area contributed by atoms with Gasteiger partial charge in [-0.15, -0.1) is 6.58 Å². The number of aryl methyl sites for hydroxylation is 1. The van der Waals surface area contributed by atoms with Crippen molar-refractivity contribution in [2.45, 2.75) is 25.7 Å². The van der Waals surface area contributed by atoms with E-state index in [1.165, 1.54) is 5.56 Å². The van der Waals surface area contributed by atoms with E-state index < -0.39 is 0 Å². The number of carbonyl (C=O) groups excluding carboxylic acids is 1. The van der Waals surface area contributed by atoms with Crippen LogP contribution in [-0.4, -0.2) is 17.4 Å². The molecular formula is C22H22N2O2S. The largest absolute Gasteiger partial charge is 0.456 e. The highest BCUT2D eigenvalue weighted by molar-refractivity contribution is 7.80. The fourth-order valence-electron chi connectivity index (χ4n) is 3.99. The van der Waals surface area contributed by atoms with Gasteiger partial charge in [-0.2, -0.15) is 0 Å². The predicted molar refractivity (Wildman–Crippen MR) is 112 cm³/mol. The molecule has 27 heavy (non-hydrogen) atoms. The van der Waals surface area contributed by atoms with Crippen molar-refractivity contribution in [3.8, 4) is 11.5 Å². The molecule has 1 aliphatic carbocycles. The van der Waals surface area contributed by atoms with Gasteiger partial charge >= 0.3 is 0 Å². The summed E-state index contributed by atoms with van der Waals surface area (Å²) in [5.41, 5.74) is 3.66. The number of nitrogens with one attached hydrogen (secondary N) is 2. The van der Waals surface area contributed by atoms with E-state index in [9.17, 15) is 4.79 Å². The molecule has 5 heteroatoms. The van der Waals surface area contributed by atoms with E-state index in [1.54, 1.807) is 6.08 Å². The highest BCUT2D eigenvalue weighted by Crippen LogP contribution is 2.48. The molecule has 2 N–H and O–H groups in total. The van der Waals surface area contributed by atoms with Crippen LogP contribution in [0.25, 0.3) is 0 Å². The third-order valence-corrected chi connectivity index (χ3v) is 5.56. The standard InChI is InChI=1S/C22H22N2O2S/c1-3-11-23-22(27)24-15-9-10-17-16(12-15)21(25)19-13(2)7-8-14-5-4-6-18(26-17)20(14)19/h3-6,9-10,12-13,19H,1,7-8,11H2,2H3,(H2,23,24,27). The molecule has 0 saturated carbocycles. The monoisotopic (exact) mass is 378 g/mol. The van der Waals surface area contributed by atoms with Gasteiger partial charge in [0, 0.05) is 17.8 Å². The van der Waals surface area contributed by atoms with Crippen molar-refractivity contribution >= 4 is 28.8 Å². The lowest BCUT2D eigenvalue weighted by atomic mass is 9.72. The molecule has 2 unspecified atom stereocenters. The van der Waals surface area contributed by atoms with E-state index in [1.807, 2.05) is 30.3 Å². The number of thiocarbonyl (C=S) groups is 1. The van der Waals surface area contributed by atoms with Gasteiger partial charge in [-0.1, -0.05) is 25.1 Å². The molecule has 138 valence electrons. The number of ketones is 1. The first-order chi connectivity index (χ1) is 13.1. The summed E-state index contributed by atoms with van der Waals surface area (Å²) in [7, 11) is 0. The topological polar surface area (TPSA) is 50.4 Å². The molecule has 2 aromatic rings. The third-order valence-electron chi connectivity index (χ3n) is 5.32. The Bertz CT molecular complexity index is 938. The molecule has 4 rings (SSSR count). The summed E-state index contributed by atoms with van der Waals surface area (Å²) in [4.78, 5) is 13.5. The average Bonchev–Trinajstić information content (AvgIpc) is 2.79. The molecule has 0 radical (unpaired) electrons. The van der Waals surface area contributed by atoms with Crippen LogP contribution >= 0.6 is 12.2 Å². The number of hydrogen-bond donors (Lipinski definition) is 2. The minimum absolute atomic E-state index is 0.122. The molecule has 2 aliphatic rings. The van der Waals surface area contributed by atoms with Gasteiger partial charge in [-0.25, -0.2) is 0 Å². The summed E-state index contributed by atoms with van der Waals surface area (Å²) in [5.74, 6) is 1.66. The van der Waals surface area contributed by atoms with Crippen molar-refractivity contribution in [1.29, 1.82) is 0 Å². The Hall–Kier alpha value is -2.66. The highest BCUT2D eigenvalue weighted by Gasteiger charge is 2.38. The lowest BCUT2D eigenvalue weighted by molar-refractivity contribution is 0.0927. The molecule has 0 amide bonds. The fraction of sp³-hybridized carbons (Fsp3) is 0.273. The van der Waals surface area contributed by atoms with E-state index >= 15 is 0 Å². The number of anilines is 1. The van der Waals surface area contributed by atoms with Crippen molar-refractivity contribution < 1.29 is 9.53 Å². The maximum absolute atomic E-state index is 13.5. The van der Waals surface area contributed by atoms with Crippen LogP contribution in [0, 0.1) is 5.92 Å². The van der Waals surface area contributed by atoms with Crippen molar-refractivity contribution in [1.82, 2.24) is 5.32 Å². The normalized spacial score (nSPS) is 19.8. The molecule has 1 heterocycles. The summed E-state index contributed by atoms with van der Waals surface area (Å²) >= 11 is 5.27. The van der Waals surface area contributed by atoms with E-state index in [-0.39, 0.29) is 17.6 Å². The zero-order valence-electron chi connectivity index (χ0n) is 15.2. The summed E-state index contributed by atoms with van der Waals surface area (Å²) in [6.07, 6.45) is 3.74. The predicted octanol–water partition coefficient (Wildman–Crippen LogP) is 4.81. The van der Waals surface area contributed by atoms with E-state index in [0.717, 1.165) is 29.8 Å². The minimum atomic E-state index is -0.160. The van der Waals surface area contributed by atoms with Gasteiger partial charge in [0.15, 0.2) is 10.9 Å². The van der Waals surface area contributed by atoms with Crippen LogP contribution in [0.2, 0.25) is 0 Å². The number of Topliss-reactive ketones (excluding diaryl/α,β-unsaturated/α-hetero) is 1. The van der Waals surface area contributed by atoms with E-state index in [4.69, 9.17) is 17.0 Å². The van der Waals surface area contributed by atoms with Gasteiger partial charge in [0.05, 0.1) is 11.5 Å². The zero-order chi connectivity index (χ0) is 19.0. The maximum atomic E-state index is 13.5. The van der Waals surface area contributed by atoms with Crippen LogP contribution in [0.3, 0.4) is 0 Å². The second-order valence-corrected chi connectivity index (χ2v) is 7.53. The van der Waals surface area contributed by atoms with Crippen LogP contribution < -0.4 is 15.4 Å². The number of hydrogen-bond acceptors (Lipinski definition) is 3. The van der Waals surface area contributed by atoms with Gasteiger partial charge in [-0.3, -0.25) is 4.79 Å². The van der Waals surface area contributed by atoms with Crippen LogP contribution in [0.5, 0.6) is 11.5 Å². The number of rotatable bonds is 3. The molecule has 0 bridgehead atoms. The van der Waals surface area contributed by atoms with Gasteiger partial charge in [0.25, 0.3) is 0 Å². The quantitative estimate of drug-likeness (QED) is 0.593. The second-order valence-electron chi connectivity index (χ2n) is 7.12. The van der Waals surface area contributed by atoms with Gasteiger partial charge < -0.3 is 15.4 Å². The molecule has 2 aromatic carbocycles. The average molecular weight is 378 g/mol. The van der Waals surface area contributed by atoms with Crippen LogP contribution in [0.4, 0.5) is 5.69 Å². The first kappa shape index (κ1) is 17.7. The van der Waals surface area contributed by atoms with E-state index in [2.05, 4.69) is 30.2 Å². The summed E-state index contributed by atoms with van der Waals surface area (Å²) < 4.78 is 6.18. The molecule has 0 aromatic heterocycles. The Labute approximate surface area is 164 Å². The highest BCUT2D eigenvalue weighted by atomic mass is 32.1. The minimum Gasteiger partial charge on any atom is -0.456 e. The van der Waals surface area contributed by atoms with Crippen LogP contribution in [0.1, 0.15) is 40.7 Å². The van der Waals surface area contributed by atoms with Crippen molar-refractivity contribution in [3.05, 3.63) is 65.7 Å². The maximum Gasteiger partial charge on any atom is 0.174 e. The second kappa shape index (κ2) is 7.16. The molecule has 1 aliphatic heterocycles. The van der Waals surface area contributed by atoms with Crippen LogP contribution in [-0.2, 0) is 6.42 Å². The fourth-order valence-corrected chi connectivity index (χ4v) is 4.19. The Kier molecular flexibility index (Phi) is 4.70. The van der Waals surface area contributed by atoms with E-state index in [0.29, 0.717) is 23.0 Å². The smallest absolute Gasteiger partial charge is 0.174 e. The SMILES string of the molecule is C=CCNC(=S)Nc1ccc2c(c1)C(=O)C1c3c(cccc3O2)CCC1C. The molecule has 2 atom stereocenters. The zero-order valence-corrected chi connectivity index (χ0v) is 16.1. The first-order valence-electron chi connectivity index (χ1n) is 9.22. The van der Waals surface area contributed by atoms with Crippen molar-refractivity contribution in [2.75, 3.05) is 11.9 Å². The Morgan fingerprint density at radius 1 is 1.33 bits per heavy atom. The van der Waals surface area contributed by atoms with Gasteiger partial charge in [-0.05, 0) is 60.8 Å². The van der Waals surface area contributed by atoms with Crippen molar-refractivity contribution in [2.24, 2.45) is 5.92 Å². The lowest BCUT2D eigenvalue weighted by Gasteiger charge is -2.30. The Morgan fingerprint density at radius 3 is 3.00 bits per heavy atom. The molecule has 0 spiro atoms. The van der Waals surface area contributed by atoms with Crippen molar-refractivity contribution in [3.63, 3.8) is 0 Å². The summed E-state index contributed by atoms with van der Waals surface area (Å²) in [6.45, 7) is 6.40. The van der Waals surface area contributed by atoms with Gasteiger partial charge in [0.1, 0.15) is 11.5 Å². The number of benzene rings is 2. The third kappa shape index (κ3) is 3.23. The number of carbonyl (C=O) groups is 1. The Morgan fingerprint density at radius 2 is 2.19 bits per heavy atom. The molecule has 4 nitrogen and oxygen atoms in total. The summed E-state index contributed by atoms with van der Waals surface area (Å²) in [5, 5.41) is 6.65. The summed E-state index contributed by atoms with van der Waals surface area (Å²) in [6, 6.07) is 11.6.